The van der Waals surface area contributed by atoms with Crippen LogP contribution in [-0.2, 0) is 11.3 Å². The van der Waals surface area contributed by atoms with Gasteiger partial charge in [-0.3, -0.25) is 9.48 Å². The first kappa shape index (κ1) is 14.1. The van der Waals surface area contributed by atoms with Gasteiger partial charge in [-0.25, -0.2) is 0 Å². The lowest BCUT2D eigenvalue weighted by Gasteiger charge is -2.35. The van der Waals surface area contributed by atoms with Gasteiger partial charge in [0.15, 0.2) is 0 Å². The van der Waals surface area contributed by atoms with Crippen molar-refractivity contribution in [1.82, 2.24) is 15.1 Å². The zero-order chi connectivity index (χ0) is 13.6. The Morgan fingerprint density at radius 2 is 2.16 bits per heavy atom. The van der Waals surface area contributed by atoms with E-state index < -0.39 is 0 Å². The lowest BCUT2D eigenvalue weighted by Crippen LogP contribution is -2.39. The molecule has 1 heterocycles. The SMILES string of the molecule is NCC1(CC(=O)NCCn2cccn2)CCCCC1. The van der Waals surface area contributed by atoms with Crippen molar-refractivity contribution < 1.29 is 4.79 Å². The Bertz CT molecular complexity index is 382. The number of aromatic nitrogens is 2. The lowest BCUT2D eigenvalue weighted by atomic mass is 9.71. The maximum atomic E-state index is 12.0. The summed E-state index contributed by atoms with van der Waals surface area (Å²) in [5, 5.41) is 7.08. The zero-order valence-electron chi connectivity index (χ0n) is 11.5. The summed E-state index contributed by atoms with van der Waals surface area (Å²) in [6.07, 6.45) is 10.1. The van der Waals surface area contributed by atoms with Gasteiger partial charge in [0.2, 0.25) is 5.91 Å². The number of nitrogens with two attached hydrogens (primary N) is 1. The predicted molar refractivity (Wildman–Crippen MR) is 74.4 cm³/mol. The van der Waals surface area contributed by atoms with Crippen LogP contribution < -0.4 is 11.1 Å². The summed E-state index contributed by atoms with van der Waals surface area (Å²) in [4.78, 5) is 12.0. The second-order valence-electron chi connectivity index (χ2n) is 5.56. The quantitative estimate of drug-likeness (QED) is 0.813. The summed E-state index contributed by atoms with van der Waals surface area (Å²) in [5.41, 5.74) is 5.95. The topological polar surface area (TPSA) is 72.9 Å². The molecule has 5 nitrogen and oxygen atoms in total. The monoisotopic (exact) mass is 264 g/mol. The van der Waals surface area contributed by atoms with E-state index in [1.807, 2.05) is 16.9 Å². The molecule has 106 valence electrons. The first-order valence-electron chi connectivity index (χ1n) is 7.18. The minimum atomic E-state index is 0.0496. The van der Waals surface area contributed by atoms with E-state index in [0.717, 1.165) is 12.8 Å². The third-order valence-corrected chi connectivity index (χ3v) is 4.11. The third-order valence-electron chi connectivity index (χ3n) is 4.11. The van der Waals surface area contributed by atoms with Crippen LogP contribution in [0.1, 0.15) is 38.5 Å². The van der Waals surface area contributed by atoms with Gasteiger partial charge in [-0.1, -0.05) is 19.3 Å². The molecule has 19 heavy (non-hydrogen) atoms. The van der Waals surface area contributed by atoms with E-state index in [-0.39, 0.29) is 11.3 Å². The first-order valence-corrected chi connectivity index (χ1v) is 7.18. The minimum Gasteiger partial charge on any atom is -0.354 e. The third kappa shape index (κ3) is 4.06. The van der Waals surface area contributed by atoms with Crippen molar-refractivity contribution in [3.63, 3.8) is 0 Å². The molecule has 0 bridgehead atoms. The lowest BCUT2D eigenvalue weighted by molar-refractivity contribution is -0.123. The van der Waals surface area contributed by atoms with Gasteiger partial charge in [0.25, 0.3) is 0 Å². The molecule has 0 radical (unpaired) electrons. The fraction of sp³-hybridized carbons (Fsp3) is 0.714. The van der Waals surface area contributed by atoms with Crippen LogP contribution in [0.4, 0.5) is 0 Å². The van der Waals surface area contributed by atoms with E-state index in [0.29, 0.717) is 26.1 Å². The summed E-state index contributed by atoms with van der Waals surface area (Å²) in [5.74, 6) is 0.125. The van der Waals surface area contributed by atoms with Gasteiger partial charge in [0.1, 0.15) is 0 Å². The van der Waals surface area contributed by atoms with Crippen molar-refractivity contribution in [2.75, 3.05) is 13.1 Å². The normalized spacial score (nSPS) is 18.2. The summed E-state index contributed by atoms with van der Waals surface area (Å²) in [6, 6.07) is 1.88. The van der Waals surface area contributed by atoms with Crippen LogP contribution in [0.25, 0.3) is 0 Å². The van der Waals surface area contributed by atoms with Crippen LogP contribution >= 0.6 is 0 Å². The van der Waals surface area contributed by atoms with E-state index in [4.69, 9.17) is 5.73 Å². The highest BCUT2D eigenvalue weighted by Crippen LogP contribution is 2.38. The van der Waals surface area contributed by atoms with Crippen LogP contribution in [0.2, 0.25) is 0 Å². The molecule has 0 atom stereocenters. The largest absolute Gasteiger partial charge is 0.354 e. The molecule has 1 amide bonds. The second kappa shape index (κ2) is 6.70. The fourth-order valence-corrected chi connectivity index (χ4v) is 2.90. The fourth-order valence-electron chi connectivity index (χ4n) is 2.90. The molecule has 0 aromatic carbocycles. The van der Waals surface area contributed by atoms with Crippen molar-refractivity contribution in [2.24, 2.45) is 11.1 Å². The molecule has 1 aliphatic rings. The molecule has 1 aliphatic carbocycles. The van der Waals surface area contributed by atoms with E-state index in [9.17, 15) is 4.79 Å². The molecule has 0 spiro atoms. The maximum absolute atomic E-state index is 12.0. The van der Waals surface area contributed by atoms with Crippen LogP contribution in [0.5, 0.6) is 0 Å². The van der Waals surface area contributed by atoms with E-state index in [1.54, 1.807) is 6.20 Å². The molecule has 0 saturated heterocycles. The summed E-state index contributed by atoms with van der Waals surface area (Å²) >= 11 is 0. The van der Waals surface area contributed by atoms with Gasteiger partial charge in [-0.05, 0) is 30.9 Å². The average molecular weight is 264 g/mol. The molecule has 1 fully saturated rings. The smallest absolute Gasteiger partial charge is 0.220 e. The van der Waals surface area contributed by atoms with Crippen LogP contribution in [-0.4, -0.2) is 28.8 Å². The molecule has 5 heteroatoms. The van der Waals surface area contributed by atoms with Crippen molar-refractivity contribution >= 4 is 5.91 Å². The number of amides is 1. The summed E-state index contributed by atoms with van der Waals surface area (Å²) in [7, 11) is 0. The zero-order valence-corrected chi connectivity index (χ0v) is 11.5. The molecule has 0 aliphatic heterocycles. The van der Waals surface area contributed by atoms with Gasteiger partial charge in [-0.2, -0.15) is 5.10 Å². The van der Waals surface area contributed by atoms with Gasteiger partial charge in [0.05, 0.1) is 6.54 Å². The Morgan fingerprint density at radius 1 is 1.37 bits per heavy atom. The van der Waals surface area contributed by atoms with Gasteiger partial charge in [0, 0.05) is 25.4 Å². The van der Waals surface area contributed by atoms with E-state index in [2.05, 4.69) is 10.4 Å². The number of carbonyl (C=O) groups is 1. The highest BCUT2D eigenvalue weighted by Gasteiger charge is 2.32. The Balaban J connectivity index is 1.73. The molecule has 1 aromatic rings. The standard InChI is InChI=1S/C14H24N4O/c15-12-14(5-2-1-3-6-14)11-13(19)16-8-10-18-9-4-7-17-18/h4,7,9H,1-3,5-6,8,10-12,15H2,(H,16,19). The van der Waals surface area contributed by atoms with Gasteiger partial charge < -0.3 is 11.1 Å². The van der Waals surface area contributed by atoms with Crippen LogP contribution in [0.15, 0.2) is 18.5 Å². The van der Waals surface area contributed by atoms with Crippen molar-refractivity contribution in [1.29, 1.82) is 0 Å². The molecular weight excluding hydrogens is 240 g/mol. The van der Waals surface area contributed by atoms with Crippen molar-refractivity contribution in [3.8, 4) is 0 Å². The molecule has 3 N–H and O–H groups in total. The Kier molecular flexibility index (Phi) is 4.96. The number of carbonyl (C=O) groups excluding carboxylic acids is 1. The number of nitrogens with one attached hydrogen (secondary N) is 1. The summed E-state index contributed by atoms with van der Waals surface area (Å²) in [6.45, 7) is 1.97. The Hall–Kier alpha value is -1.36. The minimum absolute atomic E-state index is 0.0496. The number of hydrogen-bond donors (Lipinski definition) is 2. The Morgan fingerprint density at radius 3 is 2.79 bits per heavy atom. The number of rotatable bonds is 6. The first-order chi connectivity index (χ1) is 9.24. The van der Waals surface area contributed by atoms with Crippen LogP contribution in [0, 0.1) is 5.41 Å². The van der Waals surface area contributed by atoms with Crippen molar-refractivity contribution in [3.05, 3.63) is 18.5 Å². The summed E-state index contributed by atoms with van der Waals surface area (Å²) < 4.78 is 1.82. The predicted octanol–water partition coefficient (Wildman–Crippen LogP) is 1.30. The highest BCUT2D eigenvalue weighted by molar-refractivity contribution is 5.76. The second-order valence-corrected chi connectivity index (χ2v) is 5.56. The molecule has 1 saturated carbocycles. The maximum Gasteiger partial charge on any atom is 0.220 e. The van der Waals surface area contributed by atoms with E-state index in [1.165, 1.54) is 19.3 Å². The average Bonchev–Trinajstić information content (AvgIpc) is 2.93. The van der Waals surface area contributed by atoms with E-state index >= 15 is 0 Å². The molecular formula is C14H24N4O. The highest BCUT2D eigenvalue weighted by atomic mass is 16.1. The van der Waals surface area contributed by atoms with Gasteiger partial charge in [-0.15, -0.1) is 0 Å². The van der Waals surface area contributed by atoms with Crippen molar-refractivity contribution in [2.45, 2.75) is 45.1 Å². The van der Waals surface area contributed by atoms with Crippen LogP contribution in [0.3, 0.4) is 0 Å². The number of nitrogens with zero attached hydrogens (tertiary/aromatic N) is 2. The Labute approximate surface area is 114 Å². The van der Waals surface area contributed by atoms with Gasteiger partial charge >= 0.3 is 0 Å². The molecule has 2 rings (SSSR count). The molecule has 0 unspecified atom stereocenters. The molecule has 1 aromatic heterocycles. The number of hydrogen-bond acceptors (Lipinski definition) is 3.